The Hall–Kier alpha value is -3.61. The summed E-state index contributed by atoms with van der Waals surface area (Å²) < 4.78 is 21.3. The lowest BCUT2D eigenvalue weighted by Gasteiger charge is -2.17. The summed E-state index contributed by atoms with van der Waals surface area (Å²) in [6.45, 7) is 1.88. The molecule has 4 rings (SSSR count). The first-order valence-corrected chi connectivity index (χ1v) is 9.12. The van der Waals surface area contributed by atoms with E-state index < -0.39 is 29.6 Å². The van der Waals surface area contributed by atoms with Crippen LogP contribution in [-0.2, 0) is 14.3 Å². The van der Waals surface area contributed by atoms with Crippen LogP contribution in [0.15, 0.2) is 57.7 Å². The average molecular weight is 394 g/mol. The van der Waals surface area contributed by atoms with Gasteiger partial charge < -0.3 is 18.6 Å². The molecule has 0 aliphatic carbocycles. The molecule has 0 spiro atoms. The molecule has 2 heterocycles. The molecule has 2 aromatic carbocycles. The Morgan fingerprint density at radius 1 is 1.07 bits per heavy atom. The summed E-state index contributed by atoms with van der Waals surface area (Å²) in [5, 5.41) is 0.602. The zero-order chi connectivity index (χ0) is 20.5. The van der Waals surface area contributed by atoms with Gasteiger partial charge in [-0.05, 0) is 36.8 Å². The summed E-state index contributed by atoms with van der Waals surface area (Å²) in [7, 11) is 1.30. The topological polar surface area (TPSA) is 92.0 Å². The van der Waals surface area contributed by atoms with E-state index in [1.54, 1.807) is 55.5 Å². The molecular formula is C22H18O7. The normalized spacial score (nSPS) is 17.4. The number of hydrogen-bond donors (Lipinski definition) is 0. The molecule has 0 unspecified atom stereocenters. The van der Waals surface area contributed by atoms with Crippen molar-refractivity contribution in [2.75, 3.05) is 13.7 Å². The summed E-state index contributed by atoms with van der Waals surface area (Å²) in [6, 6.07) is 13.4. The fourth-order valence-electron chi connectivity index (χ4n) is 3.57. The van der Waals surface area contributed by atoms with Crippen LogP contribution in [-0.4, -0.2) is 31.8 Å². The van der Waals surface area contributed by atoms with Gasteiger partial charge in [0.25, 0.3) is 0 Å². The molecule has 1 aliphatic heterocycles. The zero-order valence-electron chi connectivity index (χ0n) is 15.8. The van der Waals surface area contributed by atoms with Crippen LogP contribution in [0.3, 0.4) is 0 Å². The first-order chi connectivity index (χ1) is 14.0. The molecule has 2 atom stereocenters. The van der Waals surface area contributed by atoms with Crippen LogP contribution < -0.4 is 10.4 Å². The quantitative estimate of drug-likeness (QED) is 0.496. The highest BCUT2D eigenvalue weighted by Crippen LogP contribution is 2.44. The fraction of sp³-hybridized carbons (Fsp3) is 0.227. The summed E-state index contributed by atoms with van der Waals surface area (Å²) in [5.41, 5.74) is 1.03. The van der Waals surface area contributed by atoms with Gasteiger partial charge in [-0.3, -0.25) is 0 Å². The van der Waals surface area contributed by atoms with Crippen molar-refractivity contribution in [1.29, 1.82) is 0 Å². The number of benzene rings is 2. The van der Waals surface area contributed by atoms with E-state index in [0.717, 1.165) is 0 Å². The van der Waals surface area contributed by atoms with E-state index in [1.807, 2.05) is 0 Å². The molecular weight excluding hydrogens is 376 g/mol. The van der Waals surface area contributed by atoms with Crippen molar-refractivity contribution >= 4 is 22.9 Å². The molecule has 0 N–H and O–H groups in total. The molecule has 0 amide bonds. The Bertz CT molecular complexity index is 1140. The van der Waals surface area contributed by atoms with Crippen molar-refractivity contribution in [2.24, 2.45) is 0 Å². The van der Waals surface area contributed by atoms with E-state index in [4.69, 9.17) is 18.6 Å². The van der Waals surface area contributed by atoms with E-state index in [9.17, 15) is 14.4 Å². The van der Waals surface area contributed by atoms with Crippen molar-refractivity contribution in [1.82, 2.24) is 0 Å². The van der Waals surface area contributed by atoms with Crippen LogP contribution in [0.5, 0.6) is 5.75 Å². The number of hydrogen-bond acceptors (Lipinski definition) is 7. The summed E-state index contributed by atoms with van der Waals surface area (Å²) in [6.07, 6.45) is -1.04. The third kappa shape index (κ3) is 3.14. The monoisotopic (exact) mass is 394 g/mol. The molecule has 148 valence electrons. The number of ether oxygens (including phenoxy) is 3. The van der Waals surface area contributed by atoms with Crippen LogP contribution >= 0.6 is 0 Å². The number of fused-ring (bicyclic) bond motifs is 3. The first-order valence-electron chi connectivity index (χ1n) is 9.12. The van der Waals surface area contributed by atoms with Crippen molar-refractivity contribution < 1.29 is 28.2 Å². The van der Waals surface area contributed by atoms with E-state index >= 15 is 0 Å². The van der Waals surface area contributed by atoms with E-state index in [-0.39, 0.29) is 12.2 Å². The maximum absolute atomic E-state index is 12.8. The average Bonchev–Trinajstić information content (AvgIpc) is 3.15. The Balaban J connectivity index is 1.88. The van der Waals surface area contributed by atoms with Gasteiger partial charge in [-0.15, -0.1) is 0 Å². The fourth-order valence-corrected chi connectivity index (χ4v) is 3.57. The minimum absolute atomic E-state index is 0.179. The number of para-hydroxylation sites is 1. The predicted molar refractivity (Wildman–Crippen MR) is 103 cm³/mol. The number of esters is 2. The second kappa shape index (κ2) is 7.43. The van der Waals surface area contributed by atoms with Crippen LogP contribution in [0.1, 0.15) is 34.3 Å². The van der Waals surface area contributed by atoms with Crippen molar-refractivity contribution in [3.8, 4) is 5.75 Å². The maximum atomic E-state index is 12.8. The molecule has 0 saturated carbocycles. The number of methoxy groups -OCH3 is 1. The molecule has 29 heavy (non-hydrogen) atoms. The van der Waals surface area contributed by atoms with Crippen molar-refractivity contribution in [3.05, 3.63) is 75.6 Å². The predicted octanol–water partition coefficient (Wildman–Crippen LogP) is 3.04. The minimum atomic E-state index is -1.04. The van der Waals surface area contributed by atoms with Crippen LogP contribution in [0.2, 0.25) is 0 Å². The van der Waals surface area contributed by atoms with E-state index in [0.29, 0.717) is 27.8 Å². The standard InChI is InChI=1S/C22H18O7/c1-3-27-22(25)19-16(12-8-10-13(11-9-12)20(23)26-2)17-18(29-19)14-6-4-5-7-15(14)28-21(17)24/h4-11,16,19H,3H2,1-2H3/t16-,19-/m1/s1. The molecule has 7 heteroatoms. The molecule has 0 saturated heterocycles. The van der Waals surface area contributed by atoms with E-state index in [2.05, 4.69) is 0 Å². The van der Waals surface area contributed by atoms with Gasteiger partial charge in [0.2, 0.25) is 6.10 Å². The smallest absolute Gasteiger partial charge is 0.348 e. The van der Waals surface area contributed by atoms with Crippen molar-refractivity contribution in [3.63, 3.8) is 0 Å². The molecule has 0 bridgehead atoms. The van der Waals surface area contributed by atoms with Crippen LogP contribution in [0.25, 0.3) is 11.0 Å². The third-order valence-electron chi connectivity index (χ3n) is 4.87. The van der Waals surface area contributed by atoms with Gasteiger partial charge in [0.15, 0.2) is 0 Å². The maximum Gasteiger partial charge on any atom is 0.348 e. The summed E-state index contributed by atoms with van der Waals surface area (Å²) >= 11 is 0. The molecule has 7 nitrogen and oxygen atoms in total. The van der Waals surface area contributed by atoms with Gasteiger partial charge in [-0.2, -0.15) is 0 Å². The Kier molecular flexibility index (Phi) is 4.80. The molecule has 0 fully saturated rings. The second-order valence-electron chi connectivity index (χ2n) is 6.51. The number of carbonyl (C=O) groups excluding carboxylic acids is 2. The van der Waals surface area contributed by atoms with Gasteiger partial charge in [0.1, 0.15) is 11.3 Å². The molecule has 0 radical (unpaired) electrons. The van der Waals surface area contributed by atoms with Gasteiger partial charge in [-0.1, -0.05) is 24.3 Å². The van der Waals surface area contributed by atoms with Crippen molar-refractivity contribution in [2.45, 2.75) is 18.9 Å². The lowest BCUT2D eigenvalue weighted by atomic mass is 9.88. The minimum Gasteiger partial charge on any atom is -0.476 e. The number of carbonyl (C=O) groups is 2. The van der Waals surface area contributed by atoms with Gasteiger partial charge in [0.05, 0.1) is 36.1 Å². The van der Waals surface area contributed by atoms with Crippen LogP contribution in [0, 0.1) is 0 Å². The SMILES string of the molecule is CCOC(=O)[C@@H]1Oc2c(c(=O)oc3ccccc23)[C@H]1c1ccc(C(=O)OC)cc1. The van der Waals surface area contributed by atoms with Crippen LogP contribution in [0.4, 0.5) is 0 Å². The number of rotatable bonds is 4. The van der Waals surface area contributed by atoms with Gasteiger partial charge in [-0.25, -0.2) is 14.4 Å². The van der Waals surface area contributed by atoms with Gasteiger partial charge in [0, 0.05) is 0 Å². The zero-order valence-corrected chi connectivity index (χ0v) is 15.8. The van der Waals surface area contributed by atoms with Gasteiger partial charge >= 0.3 is 17.6 Å². The third-order valence-corrected chi connectivity index (χ3v) is 4.87. The lowest BCUT2D eigenvalue weighted by Crippen LogP contribution is -2.32. The molecule has 1 aliphatic rings. The lowest BCUT2D eigenvalue weighted by molar-refractivity contribution is -0.151. The highest BCUT2D eigenvalue weighted by atomic mass is 16.6. The first kappa shape index (κ1) is 18.7. The summed E-state index contributed by atoms with van der Waals surface area (Å²) in [5.74, 6) is -1.46. The van der Waals surface area contributed by atoms with E-state index in [1.165, 1.54) is 7.11 Å². The Morgan fingerprint density at radius 2 is 1.79 bits per heavy atom. The highest BCUT2D eigenvalue weighted by Gasteiger charge is 2.45. The highest BCUT2D eigenvalue weighted by molar-refractivity contribution is 5.90. The summed E-state index contributed by atoms with van der Waals surface area (Å²) in [4.78, 5) is 37.1. The Morgan fingerprint density at radius 3 is 2.48 bits per heavy atom. The molecule has 3 aromatic rings. The Labute approximate surface area is 165 Å². The second-order valence-corrected chi connectivity index (χ2v) is 6.51. The largest absolute Gasteiger partial charge is 0.476 e. The molecule has 1 aromatic heterocycles.